The fourth-order valence-electron chi connectivity index (χ4n) is 2.00. The summed E-state index contributed by atoms with van der Waals surface area (Å²) in [4.78, 5) is 4.26. The van der Waals surface area contributed by atoms with Gasteiger partial charge >= 0.3 is 0 Å². The third kappa shape index (κ3) is 2.87. The summed E-state index contributed by atoms with van der Waals surface area (Å²) in [5.74, 6) is 0.236. The van der Waals surface area contributed by atoms with Crippen LogP contribution in [-0.4, -0.2) is 15.2 Å². The van der Waals surface area contributed by atoms with Crippen LogP contribution in [0.1, 0.15) is 29.8 Å². The molecule has 1 heterocycles. The number of aliphatic hydroxyl groups is 1. The lowest BCUT2D eigenvalue weighted by Crippen LogP contribution is -2.07. The lowest BCUT2D eigenvalue weighted by molar-refractivity contribution is 0.172. The molecule has 2 N–H and O–H groups in total. The van der Waals surface area contributed by atoms with Gasteiger partial charge in [-0.15, -0.1) is 0 Å². The van der Waals surface area contributed by atoms with Gasteiger partial charge in [-0.3, -0.25) is 4.98 Å². The van der Waals surface area contributed by atoms with Crippen LogP contribution < -0.4 is 0 Å². The molecule has 1 aromatic carbocycles. The van der Waals surface area contributed by atoms with Crippen molar-refractivity contribution in [3.05, 3.63) is 59.4 Å². The molecule has 1 atom stereocenters. The van der Waals surface area contributed by atoms with Crippen molar-refractivity contribution in [2.75, 3.05) is 0 Å². The average molecular weight is 243 g/mol. The Bertz CT molecular complexity index is 508. The number of aryl methyl sites for hydroxylation is 1. The molecule has 0 amide bonds. The number of hydrogen-bond acceptors (Lipinski definition) is 3. The molecule has 0 radical (unpaired) electrons. The Labute approximate surface area is 107 Å². The van der Waals surface area contributed by atoms with E-state index in [9.17, 15) is 10.2 Å². The van der Waals surface area contributed by atoms with Crippen LogP contribution in [0.4, 0.5) is 0 Å². The molecule has 0 spiro atoms. The van der Waals surface area contributed by atoms with Crippen molar-refractivity contribution < 1.29 is 10.2 Å². The number of aromatic nitrogens is 1. The highest BCUT2D eigenvalue weighted by Gasteiger charge is 2.13. The molecule has 18 heavy (non-hydrogen) atoms. The molecule has 1 unspecified atom stereocenters. The van der Waals surface area contributed by atoms with Crippen LogP contribution in [0.5, 0.6) is 5.75 Å². The zero-order chi connectivity index (χ0) is 13.0. The normalized spacial score (nSPS) is 12.3. The van der Waals surface area contributed by atoms with Crippen LogP contribution in [0.15, 0.2) is 42.6 Å². The predicted octanol–water partition coefficient (Wildman–Crippen LogP) is 2.63. The van der Waals surface area contributed by atoms with Gasteiger partial charge < -0.3 is 10.2 Å². The van der Waals surface area contributed by atoms with Gasteiger partial charge in [-0.1, -0.05) is 25.1 Å². The van der Waals surface area contributed by atoms with Crippen LogP contribution in [0.25, 0.3) is 0 Å². The van der Waals surface area contributed by atoms with Crippen molar-refractivity contribution in [2.45, 2.75) is 25.9 Å². The van der Waals surface area contributed by atoms with Gasteiger partial charge in [0, 0.05) is 12.6 Å². The minimum absolute atomic E-state index is 0.236. The van der Waals surface area contributed by atoms with E-state index in [4.69, 9.17) is 0 Å². The molecular weight excluding hydrogens is 226 g/mol. The molecule has 0 saturated heterocycles. The first kappa shape index (κ1) is 12.6. The third-order valence-electron chi connectivity index (χ3n) is 2.99. The smallest absolute Gasteiger partial charge is 0.115 e. The molecule has 0 saturated carbocycles. The quantitative estimate of drug-likeness (QED) is 0.868. The number of phenols is 1. The van der Waals surface area contributed by atoms with Crippen LogP contribution in [0.2, 0.25) is 0 Å². The Morgan fingerprint density at radius 3 is 2.56 bits per heavy atom. The van der Waals surface area contributed by atoms with Gasteiger partial charge in [-0.25, -0.2) is 0 Å². The molecule has 2 rings (SSSR count). The highest BCUT2D eigenvalue weighted by molar-refractivity contribution is 5.28. The first-order chi connectivity index (χ1) is 8.70. The zero-order valence-corrected chi connectivity index (χ0v) is 10.4. The number of phenolic OH excluding ortho intramolecular Hbond substituents is 1. The topological polar surface area (TPSA) is 53.4 Å². The molecule has 94 valence electrons. The molecule has 0 bridgehead atoms. The first-order valence-electron chi connectivity index (χ1n) is 6.10. The average Bonchev–Trinajstić information content (AvgIpc) is 2.41. The molecule has 3 nitrogen and oxygen atoms in total. The lowest BCUT2D eigenvalue weighted by Gasteiger charge is -2.13. The Hall–Kier alpha value is -1.87. The number of rotatable bonds is 4. The Kier molecular flexibility index (Phi) is 3.95. The molecule has 2 aromatic rings. The van der Waals surface area contributed by atoms with Crippen molar-refractivity contribution in [3.8, 4) is 5.75 Å². The second-order valence-electron chi connectivity index (χ2n) is 4.29. The van der Waals surface area contributed by atoms with Gasteiger partial charge in [-0.05, 0) is 35.7 Å². The number of hydrogen-bond donors (Lipinski definition) is 2. The largest absolute Gasteiger partial charge is 0.508 e. The summed E-state index contributed by atoms with van der Waals surface area (Å²) in [6.07, 6.45) is 2.46. The minimum atomic E-state index is -0.606. The summed E-state index contributed by atoms with van der Waals surface area (Å²) in [6.45, 7) is 2.05. The van der Waals surface area contributed by atoms with E-state index in [0.717, 1.165) is 23.2 Å². The van der Waals surface area contributed by atoms with E-state index < -0.39 is 6.10 Å². The summed E-state index contributed by atoms with van der Waals surface area (Å²) in [5, 5.41) is 19.4. The fraction of sp³-hybridized carbons (Fsp3) is 0.267. The number of nitrogens with zero attached hydrogens (tertiary/aromatic N) is 1. The van der Waals surface area contributed by atoms with Crippen molar-refractivity contribution in [1.82, 2.24) is 4.98 Å². The third-order valence-corrected chi connectivity index (χ3v) is 2.99. The highest BCUT2D eigenvalue weighted by atomic mass is 16.3. The van der Waals surface area contributed by atoms with E-state index in [-0.39, 0.29) is 5.75 Å². The van der Waals surface area contributed by atoms with E-state index in [0.29, 0.717) is 6.42 Å². The number of benzene rings is 1. The summed E-state index contributed by atoms with van der Waals surface area (Å²) in [5.41, 5.74) is 2.80. The molecule has 1 aromatic heterocycles. The van der Waals surface area contributed by atoms with Crippen LogP contribution in [0.3, 0.4) is 0 Å². The predicted molar refractivity (Wildman–Crippen MR) is 70.4 cm³/mol. The maximum absolute atomic E-state index is 10.2. The van der Waals surface area contributed by atoms with E-state index in [1.54, 1.807) is 18.3 Å². The number of aliphatic hydroxyl groups excluding tert-OH is 1. The van der Waals surface area contributed by atoms with Crippen LogP contribution in [0, 0.1) is 0 Å². The first-order valence-corrected chi connectivity index (χ1v) is 6.10. The van der Waals surface area contributed by atoms with Crippen molar-refractivity contribution in [2.24, 2.45) is 0 Å². The van der Waals surface area contributed by atoms with Gasteiger partial charge in [0.25, 0.3) is 0 Å². The van der Waals surface area contributed by atoms with E-state index in [1.807, 2.05) is 31.2 Å². The standard InChI is InChI=1S/C15H17NO2/c1-2-12-4-3-9-16-15(12)14(18)10-11-5-7-13(17)8-6-11/h3-9,14,17-18H,2,10H2,1H3. The van der Waals surface area contributed by atoms with Gasteiger partial charge in [0.1, 0.15) is 11.9 Å². The van der Waals surface area contributed by atoms with Gasteiger partial charge in [0.2, 0.25) is 0 Å². The summed E-state index contributed by atoms with van der Waals surface area (Å²) in [7, 11) is 0. The monoisotopic (exact) mass is 243 g/mol. The highest BCUT2D eigenvalue weighted by Crippen LogP contribution is 2.21. The van der Waals surface area contributed by atoms with Gasteiger partial charge in [-0.2, -0.15) is 0 Å². The van der Waals surface area contributed by atoms with Crippen LogP contribution in [-0.2, 0) is 12.8 Å². The van der Waals surface area contributed by atoms with Gasteiger partial charge in [0.05, 0.1) is 5.69 Å². The SMILES string of the molecule is CCc1cccnc1C(O)Cc1ccc(O)cc1. The number of pyridine rings is 1. The summed E-state index contributed by atoms with van der Waals surface area (Å²) >= 11 is 0. The maximum Gasteiger partial charge on any atom is 0.115 e. The van der Waals surface area contributed by atoms with Crippen molar-refractivity contribution in [3.63, 3.8) is 0 Å². The maximum atomic E-state index is 10.2. The van der Waals surface area contributed by atoms with E-state index in [1.165, 1.54) is 0 Å². The minimum Gasteiger partial charge on any atom is -0.508 e. The molecule has 0 aliphatic rings. The molecule has 0 aliphatic carbocycles. The van der Waals surface area contributed by atoms with E-state index >= 15 is 0 Å². The Morgan fingerprint density at radius 1 is 1.17 bits per heavy atom. The zero-order valence-electron chi connectivity index (χ0n) is 10.4. The van der Waals surface area contributed by atoms with Gasteiger partial charge in [0.15, 0.2) is 0 Å². The second-order valence-corrected chi connectivity index (χ2v) is 4.29. The summed E-state index contributed by atoms with van der Waals surface area (Å²) in [6, 6.07) is 10.8. The van der Waals surface area contributed by atoms with E-state index in [2.05, 4.69) is 4.98 Å². The van der Waals surface area contributed by atoms with Crippen molar-refractivity contribution in [1.29, 1.82) is 0 Å². The fourth-order valence-corrected chi connectivity index (χ4v) is 2.00. The number of aromatic hydroxyl groups is 1. The van der Waals surface area contributed by atoms with Crippen LogP contribution >= 0.6 is 0 Å². The lowest BCUT2D eigenvalue weighted by atomic mass is 10.0. The molecule has 0 aliphatic heterocycles. The Balaban J connectivity index is 2.16. The Morgan fingerprint density at radius 2 is 1.89 bits per heavy atom. The second kappa shape index (κ2) is 5.65. The molecule has 3 heteroatoms. The molecule has 0 fully saturated rings. The molecular formula is C15H17NO2. The van der Waals surface area contributed by atoms with Crippen molar-refractivity contribution >= 4 is 0 Å². The summed E-state index contributed by atoms with van der Waals surface area (Å²) < 4.78 is 0.